The first-order valence-corrected chi connectivity index (χ1v) is 6.29. The molecule has 2 nitrogen and oxygen atoms in total. The second kappa shape index (κ2) is 6.89. The molecule has 0 aliphatic heterocycles. The minimum Gasteiger partial charge on any atom is -0.356 e. The third kappa shape index (κ3) is 4.70. The van der Waals surface area contributed by atoms with E-state index in [1.165, 1.54) is 31.3 Å². The van der Waals surface area contributed by atoms with Crippen LogP contribution in [0.5, 0.6) is 0 Å². The molecule has 0 saturated carbocycles. The van der Waals surface area contributed by atoms with Crippen LogP contribution in [-0.2, 0) is 4.79 Å². The lowest BCUT2D eigenvalue weighted by Gasteiger charge is -2.14. The molecule has 3 heteroatoms. The van der Waals surface area contributed by atoms with Crippen molar-refractivity contribution in [2.45, 2.75) is 39.0 Å². The Hall–Kier alpha value is -0.500. The summed E-state index contributed by atoms with van der Waals surface area (Å²) in [5.74, 6) is 0.391. The van der Waals surface area contributed by atoms with E-state index in [0.29, 0.717) is 5.88 Å². The molecule has 0 saturated heterocycles. The summed E-state index contributed by atoms with van der Waals surface area (Å²) in [6.45, 7) is 2.61. The van der Waals surface area contributed by atoms with Crippen LogP contribution in [0.1, 0.15) is 39.0 Å². The maximum Gasteiger partial charge on any atom is 0.224 e. The standard InChI is InChI=1S/C12H20ClNO/c1-10(9-13)12(15)14-8-7-11-5-3-2-4-6-11/h5,10H,2-4,6-9H2,1H3,(H,14,15). The number of carbonyl (C=O) groups is 1. The van der Waals surface area contributed by atoms with E-state index in [1.54, 1.807) is 0 Å². The Morgan fingerprint density at radius 3 is 3.00 bits per heavy atom. The highest BCUT2D eigenvalue weighted by molar-refractivity contribution is 6.19. The van der Waals surface area contributed by atoms with Crippen molar-refractivity contribution in [2.75, 3.05) is 12.4 Å². The fourth-order valence-electron chi connectivity index (χ4n) is 1.72. The van der Waals surface area contributed by atoms with Gasteiger partial charge in [0.2, 0.25) is 5.91 Å². The second-order valence-electron chi connectivity index (χ2n) is 4.20. The van der Waals surface area contributed by atoms with Gasteiger partial charge in [0.25, 0.3) is 0 Å². The molecule has 0 spiro atoms. The quantitative estimate of drug-likeness (QED) is 0.570. The van der Waals surface area contributed by atoms with Gasteiger partial charge in [0.1, 0.15) is 0 Å². The molecule has 1 amide bonds. The van der Waals surface area contributed by atoms with Gasteiger partial charge in [-0.25, -0.2) is 0 Å². The van der Waals surface area contributed by atoms with Crippen LogP contribution in [-0.4, -0.2) is 18.3 Å². The number of amides is 1. The Kier molecular flexibility index (Phi) is 5.77. The first-order chi connectivity index (χ1) is 7.24. The summed E-state index contributed by atoms with van der Waals surface area (Å²) in [6.07, 6.45) is 8.36. The summed E-state index contributed by atoms with van der Waals surface area (Å²) in [5.41, 5.74) is 1.50. The van der Waals surface area contributed by atoms with Crippen molar-refractivity contribution in [1.29, 1.82) is 0 Å². The van der Waals surface area contributed by atoms with Gasteiger partial charge in [-0.15, -0.1) is 11.6 Å². The predicted molar refractivity (Wildman–Crippen MR) is 64.1 cm³/mol. The van der Waals surface area contributed by atoms with E-state index >= 15 is 0 Å². The minimum atomic E-state index is -0.0768. The van der Waals surface area contributed by atoms with Crippen molar-refractivity contribution >= 4 is 17.5 Å². The molecular weight excluding hydrogens is 210 g/mol. The number of hydrogen-bond donors (Lipinski definition) is 1. The van der Waals surface area contributed by atoms with Gasteiger partial charge in [0, 0.05) is 18.3 Å². The Morgan fingerprint density at radius 2 is 2.40 bits per heavy atom. The summed E-state index contributed by atoms with van der Waals surface area (Å²) >= 11 is 5.60. The molecule has 1 rings (SSSR count). The molecule has 0 aromatic heterocycles. The molecule has 0 bridgehead atoms. The van der Waals surface area contributed by atoms with Crippen molar-refractivity contribution in [3.8, 4) is 0 Å². The fourth-order valence-corrected chi connectivity index (χ4v) is 1.86. The third-order valence-electron chi connectivity index (χ3n) is 2.81. The second-order valence-corrected chi connectivity index (χ2v) is 4.51. The molecule has 0 aromatic carbocycles. The van der Waals surface area contributed by atoms with Gasteiger partial charge in [-0.2, -0.15) is 0 Å². The van der Waals surface area contributed by atoms with E-state index in [-0.39, 0.29) is 11.8 Å². The molecule has 86 valence electrons. The summed E-state index contributed by atoms with van der Waals surface area (Å²) in [5, 5.41) is 2.92. The molecule has 1 N–H and O–H groups in total. The zero-order valence-electron chi connectivity index (χ0n) is 9.39. The van der Waals surface area contributed by atoms with E-state index < -0.39 is 0 Å². The Morgan fingerprint density at radius 1 is 1.60 bits per heavy atom. The van der Waals surface area contributed by atoms with Crippen LogP contribution in [0, 0.1) is 5.92 Å². The maximum atomic E-state index is 11.4. The van der Waals surface area contributed by atoms with E-state index in [1.807, 2.05) is 6.92 Å². The molecule has 0 radical (unpaired) electrons. The number of halogens is 1. The highest BCUT2D eigenvalue weighted by Gasteiger charge is 2.10. The third-order valence-corrected chi connectivity index (χ3v) is 3.27. The van der Waals surface area contributed by atoms with Crippen molar-refractivity contribution < 1.29 is 4.79 Å². The summed E-state index contributed by atoms with van der Waals surface area (Å²) in [7, 11) is 0. The average Bonchev–Trinajstić information content (AvgIpc) is 2.29. The highest BCUT2D eigenvalue weighted by atomic mass is 35.5. The predicted octanol–water partition coefficient (Wildman–Crippen LogP) is 2.87. The van der Waals surface area contributed by atoms with Gasteiger partial charge in [0.05, 0.1) is 0 Å². The Bertz CT molecular complexity index is 238. The number of rotatable bonds is 5. The van der Waals surface area contributed by atoms with Crippen molar-refractivity contribution in [1.82, 2.24) is 5.32 Å². The zero-order valence-corrected chi connectivity index (χ0v) is 10.1. The fraction of sp³-hybridized carbons (Fsp3) is 0.750. The van der Waals surface area contributed by atoms with Crippen LogP contribution in [0.4, 0.5) is 0 Å². The van der Waals surface area contributed by atoms with Crippen LogP contribution in [0.2, 0.25) is 0 Å². The first kappa shape index (κ1) is 12.6. The van der Waals surface area contributed by atoms with Gasteiger partial charge in [-0.1, -0.05) is 18.6 Å². The number of alkyl halides is 1. The lowest BCUT2D eigenvalue weighted by molar-refractivity contribution is -0.123. The van der Waals surface area contributed by atoms with Crippen molar-refractivity contribution in [3.63, 3.8) is 0 Å². The lowest BCUT2D eigenvalue weighted by Crippen LogP contribution is -2.31. The first-order valence-electron chi connectivity index (χ1n) is 5.75. The zero-order chi connectivity index (χ0) is 11.1. The molecule has 1 aliphatic carbocycles. The van der Waals surface area contributed by atoms with Gasteiger partial charge < -0.3 is 5.32 Å². The van der Waals surface area contributed by atoms with Crippen molar-refractivity contribution in [2.24, 2.45) is 5.92 Å². The number of allylic oxidation sites excluding steroid dienone is 1. The largest absolute Gasteiger partial charge is 0.356 e. The number of hydrogen-bond acceptors (Lipinski definition) is 1. The van der Waals surface area contributed by atoms with Crippen molar-refractivity contribution in [3.05, 3.63) is 11.6 Å². The molecule has 0 heterocycles. The average molecular weight is 230 g/mol. The van der Waals surface area contributed by atoms with E-state index in [2.05, 4.69) is 11.4 Å². The summed E-state index contributed by atoms with van der Waals surface area (Å²) in [4.78, 5) is 11.4. The lowest BCUT2D eigenvalue weighted by atomic mass is 9.97. The van der Waals surface area contributed by atoms with Gasteiger partial charge >= 0.3 is 0 Å². The molecule has 1 unspecified atom stereocenters. The SMILES string of the molecule is CC(CCl)C(=O)NCCC1=CCCCC1. The number of carbonyl (C=O) groups excluding carboxylic acids is 1. The van der Waals surface area contributed by atoms with E-state index in [9.17, 15) is 4.79 Å². The normalized spacial score (nSPS) is 18.1. The molecule has 1 atom stereocenters. The maximum absolute atomic E-state index is 11.4. The molecule has 0 aromatic rings. The van der Waals surface area contributed by atoms with Gasteiger partial charge in [0.15, 0.2) is 0 Å². The van der Waals surface area contributed by atoms with Crippen LogP contribution in [0.15, 0.2) is 11.6 Å². The van der Waals surface area contributed by atoms with Gasteiger partial charge in [-0.05, 0) is 32.1 Å². The molecule has 15 heavy (non-hydrogen) atoms. The van der Waals surface area contributed by atoms with Crippen LogP contribution >= 0.6 is 11.6 Å². The monoisotopic (exact) mass is 229 g/mol. The van der Waals surface area contributed by atoms with Crippen LogP contribution in [0.3, 0.4) is 0 Å². The van der Waals surface area contributed by atoms with Crippen LogP contribution < -0.4 is 5.32 Å². The molecule has 0 fully saturated rings. The molecule has 1 aliphatic rings. The Labute approximate surface area is 97.1 Å². The van der Waals surface area contributed by atoms with E-state index in [0.717, 1.165) is 13.0 Å². The number of nitrogens with one attached hydrogen (secondary N) is 1. The topological polar surface area (TPSA) is 29.1 Å². The minimum absolute atomic E-state index is 0.0707. The smallest absolute Gasteiger partial charge is 0.224 e. The van der Waals surface area contributed by atoms with E-state index in [4.69, 9.17) is 11.6 Å². The molecular formula is C12H20ClNO. The highest BCUT2D eigenvalue weighted by Crippen LogP contribution is 2.19. The van der Waals surface area contributed by atoms with Gasteiger partial charge in [-0.3, -0.25) is 4.79 Å². The Balaban J connectivity index is 2.15. The summed E-state index contributed by atoms with van der Waals surface area (Å²) < 4.78 is 0. The van der Waals surface area contributed by atoms with Crippen LogP contribution in [0.25, 0.3) is 0 Å². The summed E-state index contributed by atoms with van der Waals surface area (Å²) in [6, 6.07) is 0.